The molecule has 0 fully saturated rings. The van der Waals surface area contributed by atoms with E-state index in [1.807, 2.05) is 74.4 Å². The van der Waals surface area contributed by atoms with Crippen molar-refractivity contribution in [3.63, 3.8) is 0 Å². The number of allylic oxidation sites excluding steroid dienone is 1. The Morgan fingerprint density at radius 1 is 1.11 bits per heavy atom. The number of pyridine rings is 1. The van der Waals surface area contributed by atoms with E-state index in [-0.39, 0.29) is 12.2 Å². The van der Waals surface area contributed by atoms with Crippen LogP contribution in [0.25, 0.3) is 17.0 Å². The summed E-state index contributed by atoms with van der Waals surface area (Å²) in [5, 5.41) is 1.05. The molecule has 0 bridgehead atoms. The molecule has 1 aliphatic rings. The Morgan fingerprint density at radius 2 is 1.86 bits per heavy atom. The van der Waals surface area contributed by atoms with E-state index in [1.165, 1.54) is 16.9 Å². The van der Waals surface area contributed by atoms with Gasteiger partial charge in [0, 0.05) is 25.2 Å². The fraction of sp³-hybridized carbons (Fsp3) is 0.241. The van der Waals surface area contributed by atoms with E-state index in [0.717, 1.165) is 22.2 Å². The minimum atomic E-state index is -0.638. The average Bonchev–Trinajstić information content (AvgIpc) is 3.17. The molecule has 0 amide bonds. The van der Waals surface area contributed by atoms with Crippen molar-refractivity contribution >= 4 is 40.0 Å². The van der Waals surface area contributed by atoms with Crippen LogP contribution in [0.5, 0.6) is 0 Å². The molecule has 8 heteroatoms. The first kappa shape index (κ1) is 24.6. The van der Waals surface area contributed by atoms with Crippen molar-refractivity contribution in [2.45, 2.75) is 26.8 Å². The van der Waals surface area contributed by atoms with Crippen LogP contribution in [0, 0.1) is 6.92 Å². The molecular weight excluding hydrogens is 484 g/mol. The number of fused-ring (bicyclic) bond motifs is 2. The maximum atomic E-state index is 13.8. The molecule has 0 radical (unpaired) electrons. The monoisotopic (exact) mass is 512 g/mol. The van der Waals surface area contributed by atoms with Crippen LogP contribution in [0.3, 0.4) is 0 Å². The molecule has 0 aliphatic carbocycles. The first-order valence-corrected chi connectivity index (χ1v) is 12.9. The van der Waals surface area contributed by atoms with Crippen LogP contribution < -0.4 is 19.8 Å². The Balaban J connectivity index is 1.68. The molecule has 0 spiro atoms. The number of carbonyl (C=O) groups is 1. The van der Waals surface area contributed by atoms with Crippen LogP contribution in [0.2, 0.25) is 0 Å². The van der Waals surface area contributed by atoms with E-state index in [4.69, 9.17) is 9.72 Å². The zero-order chi connectivity index (χ0) is 26.3. The molecule has 5 rings (SSSR count). The first-order valence-electron chi connectivity index (χ1n) is 12.1. The minimum absolute atomic E-state index is 0.217. The first-order chi connectivity index (χ1) is 17.8. The Morgan fingerprint density at radius 3 is 2.57 bits per heavy atom. The van der Waals surface area contributed by atoms with Gasteiger partial charge in [0.25, 0.3) is 5.56 Å². The topological polar surface area (TPSA) is 76.8 Å². The van der Waals surface area contributed by atoms with Crippen molar-refractivity contribution in [3.8, 4) is 0 Å². The molecule has 0 saturated heterocycles. The van der Waals surface area contributed by atoms with Gasteiger partial charge in [0.15, 0.2) is 4.80 Å². The van der Waals surface area contributed by atoms with Crippen molar-refractivity contribution in [1.29, 1.82) is 0 Å². The lowest BCUT2D eigenvalue weighted by Crippen LogP contribution is -2.40. The number of rotatable bonds is 5. The number of hydrogen-bond acceptors (Lipinski definition) is 7. The van der Waals surface area contributed by atoms with Gasteiger partial charge in [0.05, 0.1) is 39.7 Å². The van der Waals surface area contributed by atoms with Crippen LogP contribution in [0.1, 0.15) is 36.7 Å². The van der Waals surface area contributed by atoms with Crippen LogP contribution >= 0.6 is 11.3 Å². The van der Waals surface area contributed by atoms with E-state index < -0.39 is 12.0 Å². The highest BCUT2D eigenvalue weighted by Crippen LogP contribution is 2.31. The number of nitrogens with zero attached hydrogens (tertiary/aromatic N) is 4. The number of ether oxygens (including phenoxy) is 1. The molecule has 0 unspecified atom stereocenters. The maximum absolute atomic E-state index is 13.8. The molecule has 3 heterocycles. The van der Waals surface area contributed by atoms with Crippen molar-refractivity contribution in [3.05, 3.63) is 102 Å². The van der Waals surface area contributed by atoms with Gasteiger partial charge in [-0.15, -0.1) is 0 Å². The van der Waals surface area contributed by atoms with Gasteiger partial charge in [-0.3, -0.25) is 9.36 Å². The second-order valence-electron chi connectivity index (χ2n) is 9.22. The predicted molar refractivity (Wildman–Crippen MR) is 148 cm³/mol. The Hall–Kier alpha value is -4.04. The third-order valence-corrected chi connectivity index (χ3v) is 7.37. The number of anilines is 1. The normalized spacial score (nSPS) is 15.5. The van der Waals surface area contributed by atoms with Gasteiger partial charge in [0.1, 0.15) is 0 Å². The zero-order valence-electron chi connectivity index (χ0n) is 21.5. The molecule has 37 heavy (non-hydrogen) atoms. The number of aryl methyl sites for hydroxylation is 1. The van der Waals surface area contributed by atoms with Crippen molar-refractivity contribution in [2.75, 3.05) is 25.6 Å². The van der Waals surface area contributed by atoms with Crippen LogP contribution in [0.15, 0.2) is 75.7 Å². The number of hydrogen-bond donors (Lipinski definition) is 0. The molecule has 2 aromatic heterocycles. The van der Waals surface area contributed by atoms with Crippen LogP contribution in [-0.2, 0) is 9.53 Å². The van der Waals surface area contributed by atoms with Gasteiger partial charge in [-0.25, -0.2) is 14.8 Å². The summed E-state index contributed by atoms with van der Waals surface area (Å²) >= 11 is 1.30. The third kappa shape index (κ3) is 4.60. The summed E-state index contributed by atoms with van der Waals surface area (Å²) in [6.45, 7) is 5.84. The standard InChI is InChI=1S/C29H28N4O3S/c1-6-36-28(35)25-18(3)30-29-33(26(25)19-9-12-22(13-10-19)32(4)5)27(34)24(37-29)16-21-11-8-20-15-17(2)7-14-23(20)31-21/h7-16,26H,6H2,1-5H3/t26-/m1/s1. The average molecular weight is 513 g/mol. The van der Waals surface area contributed by atoms with Gasteiger partial charge in [-0.1, -0.05) is 41.2 Å². The second kappa shape index (κ2) is 9.78. The van der Waals surface area contributed by atoms with Crippen LogP contribution in [-0.4, -0.2) is 36.2 Å². The van der Waals surface area contributed by atoms with Gasteiger partial charge in [-0.05, 0) is 62.7 Å². The SMILES string of the molecule is CCOC(=O)C1=C(C)N=c2sc(=Cc3ccc4cc(C)ccc4n3)c(=O)n2[C@@H]1c1ccc(N(C)C)cc1. The largest absolute Gasteiger partial charge is 0.463 e. The Kier molecular flexibility index (Phi) is 6.52. The van der Waals surface area contributed by atoms with Crippen molar-refractivity contribution < 1.29 is 9.53 Å². The predicted octanol–water partition coefficient (Wildman–Crippen LogP) is 3.72. The van der Waals surface area contributed by atoms with Gasteiger partial charge in [0.2, 0.25) is 0 Å². The lowest BCUT2D eigenvalue weighted by atomic mass is 9.95. The number of aromatic nitrogens is 2. The number of esters is 1. The summed E-state index contributed by atoms with van der Waals surface area (Å²) in [4.78, 5) is 38.8. The molecule has 1 aliphatic heterocycles. The van der Waals surface area contributed by atoms with E-state index >= 15 is 0 Å². The molecule has 4 aromatic rings. The lowest BCUT2D eigenvalue weighted by Gasteiger charge is -2.25. The van der Waals surface area contributed by atoms with Gasteiger partial charge >= 0.3 is 5.97 Å². The molecule has 188 valence electrons. The zero-order valence-corrected chi connectivity index (χ0v) is 22.3. The highest BCUT2D eigenvalue weighted by atomic mass is 32.1. The summed E-state index contributed by atoms with van der Waals surface area (Å²) in [5.74, 6) is -0.466. The Bertz CT molecular complexity index is 1730. The number of thiazole rings is 1. The van der Waals surface area contributed by atoms with E-state index in [2.05, 4.69) is 11.1 Å². The van der Waals surface area contributed by atoms with E-state index in [0.29, 0.717) is 26.3 Å². The highest BCUT2D eigenvalue weighted by Gasteiger charge is 2.33. The lowest BCUT2D eigenvalue weighted by molar-refractivity contribution is -0.139. The summed E-state index contributed by atoms with van der Waals surface area (Å²) in [6, 6.07) is 17.2. The second-order valence-corrected chi connectivity index (χ2v) is 10.2. The molecule has 2 aromatic carbocycles. The van der Waals surface area contributed by atoms with Crippen LogP contribution in [0.4, 0.5) is 5.69 Å². The quantitative estimate of drug-likeness (QED) is 0.381. The van der Waals surface area contributed by atoms with Crippen molar-refractivity contribution in [2.24, 2.45) is 4.99 Å². The van der Waals surface area contributed by atoms with Gasteiger partial charge < -0.3 is 9.64 Å². The van der Waals surface area contributed by atoms with Crippen molar-refractivity contribution in [1.82, 2.24) is 9.55 Å². The minimum Gasteiger partial charge on any atom is -0.463 e. The number of carbonyl (C=O) groups excluding carboxylic acids is 1. The summed E-state index contributed by atoms with van der Waals surface area (Å²) in [7, 11) is 3.93. The summed E-state index contributed by atoms with van der Waals surface area (Å²) in [6.07, 6.45) is 1.79. The molecule has 0 saturated carbocycles. The number of benzene rings is 2. The fourth-order valence-electron chi connectivity index (χ4n) is 4.54. The highest BCUT2D eigenvalue weighted by molar-refractivity contribution is 7.07. The van der Waals surface area contributed by atoms with Gasteiger partial charge in [-0.2, -0.15) is 0 Å². The summed E-state index contributed by atoms with van der Waals surface area (Å²) in [5.41, 5.74) is 5.26. The smallest absolute Gasteiger partial charge is 0.338 e. The maximum Gasteiger partial charge on any atom is 0.338 e. The fourth-order valence-corrected chi connectivity index (χ4v) is 5.57. The molecule has 0 N–H and O–H groups in total. The summed E-state index contributed by atoms with van der Waals surface area (Å²) < 4.78 is 7.48. The third-order valence-electron chi connectivity index (χ3n) is 6.39. The van der Waals surface area contributed by atoms with E-state index in [1.54, 1.807) is 24.5 Å². The molecular formula is C29H28N4O3S. The molecule has 1 atom stereocenters. The molecule has 7 nitrogen and oxygen atoms in total. The Labute approximate surface area is 218 Å². The van der Waals surface area contributed by atoms with E-state index in [9.17, 15) is 9.59 Å².